The molecule has 0 radical (unpaired) electrons. The molecule has 1 atom stereocenters. The maximum absolute atomic E-state index is 12.2. The number of carbonyl (C=O) groups is 1. The number of rotatable bonds is 35. The van der Waals surface area contributed by atoms with Gasteiger partial charge in [-0.25, -0.2) is 0 Å². The first-order valence-corrected chi connectivity index (χ1v) is 19.8. The first-order valence-electron chi connectivity index (χ1n) is 19.3. The van der Waals surface area contributed by atoms with Crippen molar-refractivity contribution in [1.29, 1.82) is 0 Å². The van der Waals surface area contributed by atoms with E-state index in [0.717, 1.165) is 19.3 Å². The molecular weight excluding hydrogens is 532 g/mol. The summed E-state index contributed by atoms with van der Waals surface area (Å²) in [5, 5.41) is -0.285. The maximum Gasteiger partial charge on any atom is 0.323 e. The van der Waals surface area contributed by atoms with E-state index in [1.165, 1.54) is 193 Å². The Labute approximate surface area is 270 Å². The van der Waals surface area contributed by atoms with Crippen molar-refractivity contribution in [2.45, 2.75) is 231 Å². The molecule has 250 valence electrons. The van der Waals surface area contributed by atoms with Gasteiger partial charge in [0.2, 0.25) is 0 Å². The zero-order valence-corrected chi connectivity index (χ0v) is 29.7. The second-order valence-corrected chi connectivity index (χ2v) is 13.8. The lowest BCUT2D eigenvalue weighted by Crippen LogP contribution is -2.15. The van der Waals surface area contributed by atoms with Gasteiger partial charge < -0.3 is 4.74 Å². The fourth-order valence-electron chi connectivity index (χ4n) is 5.90. The van der Waals surface area contributed by atoms with Crippen molar-refractivity contribution in [2.24, 2.45) is 0 Å². The van der Waals surface area contributed by atoms with Gasteiger partial charge in [0.15, 0.2) is 0 Å². The zero-order valence-electron chi connectivity index (χ0n) is 28.8. The molecule has 0 saturated heterocycles. The van der Waals surface area contributed by atoms with Crippen molar-refractivity contribution in [3.05, 3.63) is 12.3 Å². The summed E-state index contributed by atoms with van der Waals surface area (Å²) >= 11 is 4.48. The lowest BCUT2D eigenvalue weighted by molar-refractivity contribution is -0.137. The van der Waals surface area contributed by atoms with Gasteiger partial charge in [-0.1, -0.05) is 206 Å². The van der Waals surface area contributed by atoms with Crippen molar-refractivity contribution in [3.8, 4) is 0 Å². The third kappa shape index (κ3) is 34.1. The zero-order chi connectivity index (χ0) is 30.6. The van der Waals surface area contributed by atoms with Gasteiger partial charge in [-0.15, -0.1) is 0 Å². The smallest absolute Gasteiger partial charge is 0.323 e. The monoisotopic (exact) mass is 609 g/mol. The van der Waals surface area contributed by atoms with Gasteiger partial charge in [0.25, 0.3) is 0 Å². The van der Waals surface area contributed by atoms with Gasteiger partial charge >= 0.3 is 5.97 Å². The SMILES string of the molecule is CCCCCCCCCCCCCCCCC=COC(=O)C(S)CCCCCCCCCCCCCCCCCCC. The van der Waals surface area contributed by atoms with Crippen LogP contribution in [-0.2, 0) is 9.53 Å². The van der Waals surface area contributed by atoms with E-state index in [1.54, 1.807) is 6.26 Å². The molecule has 0 aliphatic heterocycles. The minimum absolute atomic E-state index is 0.188. The van der Waals surface area contributed by atoms with Gasteiger partial charge in [-0.05, 0) is 25.3 Å². The van der Waals surface area contributed by atoms with Gasteiger partial charge in [-0.2, -0.15) is 12.6 Å². The van der Waals surface area contributed by atoms with Crippen molar-refractivity contribution < 1.29 is 9.53 Å². The Kier molecular flexibility index (Phi) is 36.4. The Bertz CT molecular complexity index is 547. The second kappa shape index (κ2) is 36.8. The molecule has 0 saturated carbocycles. The summed E-state index contributed by atoms with van der Waals surface area (Å²) in [6.45, 7) is 4.58. The normalized spacial score (nSPS) is 12.4. The van der Waals surface area contributed by atoms with Crippen molar-refractivity contribution in [2.75, 3.05) is 0 Å². The van der Waals surface area contributed by atoms with Crippen LogP contribution in [0.5, 0.6) is 0 Å². The van der Waals surface area contributed by atoms with E-state index in [1.807, 2.05) is 6.08 Å². The number of allylic oxidation sites excluding steroid dienone is 1. The van der Waals surface area contributed by atoms with Crippen LogP contribution in [-0.4, -0.2) is 11.2 Å². The summed E-state index contributed by atoms with van der Waals surface area (Å²) in [7, 11) is 0. The van der Waals surface area contributed by atoms with E-state index in [2.05, 4.69) is 26.5 Å². The topological polar surface area (TPSA) is 26.3 Å². The molecule has 1 unspecified atom stereocenters. The molecule has 0 aliphatic rings. The van der Waals surface area contributed by atoms with E-state index in [0.29, 0.717) is 0 Å². The minimum atomic E-state index is -0.285. The van der Waals surface area contributed by atoms with Crippen LogP contribution < -0.4 is 0 Å². The van der Waals surface area contributed by atoms with Crippen LogP contribution in [0.1, 0.15) is 226 Å². The second-order valence-electron chi connectivity index (χ2n) is 13.2. The van der Waals surface area contributed by atoms with E-state index < -0.39 is 0 Å². The number of thiol groups is 1. The molecule has 0 fully saturated rings. The van der Waals surface area contributed by atoms with Crippen molar-refractivity contribution in [1.82, 2.24) is 0 Å². The molecule has 0 N–H and O–H groups in total. The Morgan fingerprint density at radius 2 is 0.762 bits per heavy atom. The highest BCUT2D eigenvalue weighted by atomic mass is 32.1. The largest absolute Gasteiger partial charge is 0.434 e. The lowest BCUT2D eigenvalue weighted by atomic mass is 10.0. The summed E-state index contributed by atoms with van der Waals surface area (Å²) in [6, 6.07) is 0. The van der Waals surface area contributed by atoms with E-state index in [4.69, 9.17) is 4.74 Å². The predicted molar refractivity (Wildman–Crippen MR) is 192 cm³/mol. The van der Waals surface area contributed by atoms with E-state index in [9.17, 15) is 4.79 Å². The molecule has 0 bridgehead atoms. The fourth-order valence-corrected chi connectivity index (χ4v) is 6.14. The molecule has 3 heteroatoms. The predicted octanol–water partition coefficient (Wildman–Crippen LogP) is 14.3. The summed E-state index contributed by atoms with van der Waals surface area (Å²) in [5.74, 6) is -0.188. The average Bonchev–Trinajstić information content (AvgIpc) is 3.00. The molecule has 0 amide bonds. The van der Waals surface area contributed by atoms with Crippen LogP contribution in [0, 0.1) is 0 Å². The van der Waals surface area contributed by atoms with E-state index >= 15 is 0 Å². The maximum atomic E-state index is 12.2. The molecule has 0 aliphatic carbocycles. The highest BCUT2D eigenvalue weighted by molar-refractivity contribution is 7.81. The highest BCUT2D eigenvalue weighted by Gasteiger charge is 2.13. The summed E-state index contributed by atoms with van der Waals surface area (Å²) in [5.41, 5.74) is 0. The summed E-state index contributed by atoms with van der Waals surface area (Å²) in [4.78, 5) is 12.2. The Hall–Kier alpha value is -0.440. The molecule has 0 aromatic heterocycles. The lowest BCUT2D eigenvalue weighted by Gasteiger charge is -2.08. The average molecular weight is 609 g/mol. The number of esters is 1. The standard InChI is InChI=1S/C39H76O2S/c1-3-5-7-9-11-13-15-17-19-21-22-24-26-28-30-32-34-36-38(42)39(40)41-37-35-33-31-29-27-25-23-20-18-16-14-12-10-8-6-4-2/h35,37-38,42H,3-34,36H2,1-2H3. The van der Waals surface area contributed by atoms with Crippen LogP contribution in [0.25, 0.3) is 0 Å². The highest BCUT2D eigenvalue weighted by Crippen LogP contribution is 2.17. The Balaban J connectivity index is 3.33. The number of hydrogen-bond donors (Lipinski definition) is 1. The first-order chi connectivity index (χ1) is 20.7. The first kappa shape index (κ1) is 41.6. The van der Waals surface area contributed by atoms with Crippen molar-refractivity contribution in [3.63, 3.8) is 0 Å². The van der Waals surface area contributed by atoms with Crippen LogP contribution in [0.15, 0.2) is 12.3 Å². The number of carbonyl (C=O) groups excluding carboxylic acids is 1. The minimum Gasteiger partial charge on any atom is -0.434 e. The van der Waals surface area contributed by atoms with Crippen LogP contribution in [0.2, 0.25) is 0 Å². The van der Waals surface area contributed by atoms with Gasteiger partial charge in [-0.3, -0.25) is 4.79 Å². The van der Waals surface area contributed by atoms with Crippen LogP contribution in [0.4, 0.5) is 0 Å². The quantitative estimate of drug-likeness (QED) is 0.0335. The van der Waals surface area contributed by atoms with E-state index in [-0.39, 0.29) is 11.2 Å². The number of unbranched alkanes of at least 4 members (excludes halogenated alkanes) is 30. The molecule has 0 aromatic carbocycles. The van der Waals surface area contributed by atoms with Crippen LogP contribution >= 0.6 is 12.6 Å². The molecule has 42 heavy (non-hydrogen) atoms. The third-order valence-electron chi connectivity index (χ3n) is 8.86. The van der Waals surface area contributed by atoms with Crippen molar-refractivity contribution >= 4 is 18.6 Å². The Morgan fingerprint density at radius 1 is 0.476 bits per heavy atom. The van der Waals surface area contributed by atoms with Gasteiger partial charge in [0.1, 0.15) is 0 Å². The molecular formula is C39H76O2S. The van der Waals surface area contributed by atoms with Crippen LogP contribution in [0.3, 0.4) is 0 Å². The van der Waals surface area contributed by atoms with Gasteiger partial charge in [0.05, 0.1) is 11.5 Å². The Morgan fingerprint density at radius 3 is 1.10 bits per heavy atom. The third-order valence-corrected chi connectivity index (χ3v) is 9.33. The number of ether oxygens (including phenoxy) is 1. The molecule has 0 rings (SSSR count). The number of hydrogen-bond acceptors (Lipinski definition) is 3. The summed E-state index contributed by atoms with van der Waals surface area (Å²) in [6.07, 6.45) is 48.2. The molecule has 0 aromatic rings. The fraction of sp³-hybridized carbons (Fsp3) is 0.923. The molecule has 0 spiro atoms. The van der Waals surface area contributed by atoms with Gasteiger partial charge in [0, 0.05) is 0 Å². The summed E-state index contributed by atoms with van der Waals surface area (Å²) < 4.78 is 5.31. The molecule has 2 nitrogen and oxygen atoms in total. The molecule has 0 heterocycles.